The van der Waals surface area contributed by atoms with Gasteiger partial charge in [-0.05, 0) is 12.1 Å². The number of aromatic amines is 1. The molecule has 19 heavy (non-hydrogen) atoms. The van der Waals surface area contributed by atoms with Crippen LogP contribution in [0.2, 0.25) is 0 Å². The molecule has 2 aromatic rings. The number of thiophene rings is 1. The first kappa shape index (κ1) is 13.6. The minimum absolute atomic E-state index is 0.00546. The van der Waals surface area contributed by atoms with Gasteiger partial charge in [0.2, 0.25) is 10.0 Å². The summed E-state index contributed by atoms with van der Waals surface area (Å²) in [4.78, 5) is 14.8. The minimum Gasteiger partial charge on any atom is -0.481 e. The zero-order valence-electron chi connectivity index (χ0n) is 9.53. The van der Waals surface area contributed by atoms with Crippen molar-refractivity contribution in [2.45, 2.75) is 17.2 Å². The molecule has 2 heterocycles. The monoisotopic (exact) mass is 302 g/mol. The summed E-state index contributed by atoms with van der Waals surface area (Å²) in [7, 11) is -3.66. The number of aliphatic carboxylic acids is 1. The SMILES string of the molecule is O=C(O)Cc1ccc(S(=O)(=O)NCc2ncn[nH]2)s1. The molecule has 0 aromatic carbocycles. The molecular formula is C9H10N4O4S2. The highest BCUT2D eigenvalue weighted by Crippen LogP contribution is 2.21. The Hall–Kier alpha value is -1.78. The predicted molar refractivity (Wildman–Crippen MR) is 66.1 cm³/mol. The molecule has 10 heteroatoms. The van der Waals surface area contributed by atoms with Gasteiger partial charge in [-0.3, -0.25) is 9.89 Å². The molecule has 0 spiro atoms. The predicted octanol–water partition coefficient (Wildman–Crippen LogP) is -0.0282. The lowest BCUT2D eigenvalue weighted by atomic mass is 10.3. The lowest BCUT2D eigenvalue weighted by Gasteiger charge is -2.01. The second-order valence-corrected chi connectivity index (χ2v) is 6.71. The highest BCUT2D eigenvalue weighted by Gasteiger charge is 2.17. The Labute approximate surface area is 112 Å². The van der Waals surface area contributed by atoms with Crippen molar-refractivity contribution in [3.63, 3.8) is 0 Å². The summed E-state index contributed by atoms with van der Waals surface area (Å²) in [6, 6.07) is 2.87. The van der Waals surface area contributed by atoms with Gasteiger partial charge in [-0.1, -0.05) is 0 Å². The summed E-state index contributed by atoms with van der Waals surface area (Å²) in [6.07, 6.45) is 1.09. The summed E-state index contributed by atoms with van der Waals surface area (Å²) >= 11 is 0.928. The first-order chi connectivity index (χ1) is 8.97. The molecule has 8 nitrogen and oxygen atoms in total. The van der Waals surface area contributed by atoms with E-state index in [9.17, 15) is 13.2 Å². The van der Waals surface area contributed by atoms with Crippen LogP contribution in [-0.2, 0) is 27.8 Å². The van der Waals surface area contributed by atoms with E-state index in [0.717, 1.165) is 11.3 Å². The highest BCUT2D eigenvalue weighted by molar-refractivity contribution is 7.91. The Morgan fingerprint density at radius 2 is 2.26 bits per heavy atom. The number of carboxylic acid groups (broad SMARTS) is 1. The maximum absolute atomic E-state index is 11.9. The third-order valence-corrected chi connectivity index (χ3v) is 5.10. The molecule has 2 aromatic heterocycles. The molecule has 0 unspecified atom stereocenters. The van der Waals surface area contributed by atoms with Gasteiger partial charge < -0.3 is 5.11 Å². The van der Waals surface area contributed by atoms with Gasteiger partial charge in [-0.2, -0.15) is 5.10 Å². The summed E-state index contributed by atoms with van der Waals surface area (Å²) in [5, 5.41) is 14.8. The maximum Gasteiger partial charge on any atom is 0.308 e. The zero-order valence-corrected chi connectivity index (χ0v) is 11.2. The molecule has 0 saturated heterocycles. The van der Waals surface area contributed by atoms with Gasteiger partial charge in [0.1, 0.15) is 16.4 Å². The fraction of sp³-hybridized carbons (Fsp3) is 0.222. The fourth-order valence-electron chi connectivity index (χ4n) is 1.30. The summed E-state index contributed by atoms with van der Waals surface area (Å²) in [5.74, 6) is -0.605. The molecule has 102 valence electrons. The lowest BCUT2D eigenvalue weighted by Crippen LogP contribution is -2.23. The van der Waals surface area contributed by atoms with Crippen LogP contribution in [0, 0.1) is 0 Å². The average molecular weight is 302 g/mol. The standard InChI is InChI=1S/C9H10N4O4S2/c14-8(15)3-6-1-2-9(18-6)19(16,17)12-4-7-10-5-11-13-7/h1-2,5,12H,3-4H2,(H,14,15)(H,10,11,13). The summed E-state index contributed by atoms with van der Waals surface area (Å²) in [6.45, 7) is -0.00546. The molecule has 3 N–H and O–H groups in total. The lowest BCUT2D eigenvalue weighted by molar-refractivity contribution is -0.136. The van der Waals surface area contributed by atoms with Crippen LogP contribution in [0.5, 0.6) is 0 Å². The molecule has 0 amide bonds. The topological polar surface area (TPSA) is 125 Å². The Balaban J connectivity index is 2.06. The number of carbonyl (C=O) groups is 1. The van der Waals surface area contributed by atoms with E-state index < -0.39 is 16.0 Å². The number of aromatic nitrogens is 3. The van der Waals surface area contributed by atoms with Crippen LogP contribution in [0.25, 0.3) is 0 Å². The molecule has 0 saturated carbocycles. The molecule has 0 bridgehead atoms. The van der Waals surface area contributed by atoms with E-state index in [1.165, 1.54) is 18.5 Å². The number of rotatable bonds is 6. The second kappa shape index (κ2) is 5.47. The van der Waals surface area contributed by atoms with Crippen LogP contribution in [-0.4, -0.2) is 34.7 Å². The molecule has 0 atom stereocenters. The Kier molecular flexibility index (Phi) is 3.93. The van der Waals surface area contributed by atoms with Gasteiger partial charge >= 0.3 is 5.97 Å². The van der Waals surface area contributed by atoms with Gasteiger partial charge in [0, 0.05) is 4.88 Å². The Bertz CT molecular complexity index is 662. The van der Waals surface area contributed by atoms with Crippen LogP contribution in [0.4, 0.5) is 0 Å². The van der Waals surface area contributed by atoms with Crippen molar-refractivity contribution in [1.82, 2.24) is 19.9 Å². The van der Waals surface area contributed by atoms with Crippen LogP contribution in [0.1, 0.15) is 10.7 Å². The highest BCUT2D eigenvalue weighted by atomic mass is 32.2. The second-order valence-electron chi connectivity index (χ2n) is 3.55. The van der Waals surface area contributed by atoms with Crippen molar-refractivity contribution in [1.29, 1.82) is 0 Å². The number of carboxylic acids is 1. The number of hydrogen-bond donors (Lipinski definition) is 3. The van der Waals surface area contributed by atoms with E-state index in [1.54, 1.807) is 0 Å². The molecule has 0 aliphatic carbocycles. The summed E-state index contributed by atoms with van der Waals surface area (Å²) in [5.41, 5.74) is 0. The van der Waals surface area contributed by atoms with Crippen molar-refractivity contribution in [2.24, 2.45) is 0 Å². The maximum atomic E-state index is 11.9. The average Bonchev–Trinajstić information content (AvgIpc) is 2.96. The zero-order chi connectivity index (χ0) is 13.9. The van der Waals surface area contributed by atoms with Gasteiger partial charge in [0.15, 0.2) is 0 Å². The van der Waals surface area contributed by atoms with E-state index in [0.29, 0.717) is 10.7 Å². The first-order valence-corrected chi connectivity index (χ1v) is 7.42. The number of H-pyrrole nitrogens is 1. The number of hydrogen-bond acceptors (Lipinski definition) is 6. The quantitative estimate of drug-likeness (QED) is 0.688. The van der Waals surface area contributed by atoms with Gasteiger partial charge in [-0.25, -0.2) is 18.1 Å². The van der Waals surface area contributed by atoms with E-state index in [2.05, 4.69) is 19.9 Å². The van der Waals surface area contributed by atoms with E-state index in [4.69, 9.17) is 5.11 Å². The fourth-order valence-corrected chi connectivity index (χ4v) is 3.68. The normalized spacial score (nSPS) is 11.6. The largest absolute Gasteiger partial charge is 0.481 e. The minimum atomic E-state index is -3.66. The number of nitrogens with zero attached hydrogens (tertiary/aromatic N) is 2. The van der Waals surface area contributed by atoms with Gasteiger partial charge in [-0.15, -0.1) is 11.3 Å². The summed E-state index contributed by atoms with van der Waals surface area (Å²) < 4.78 is 26.3. The van der Waals surface area contributed by atoms with E-state index in [1.807, 2.05) is 0 Å². The van der Waals surface area contributed by atoms with Gasteiger partial charge in [0.25, 0.3) is 0 Å². The Morgan fingerprint density at radius 3 is 2.89 bits per heavy atom. The van der Waals surface area contributed by atoms with Crippen LogP contribution in [0.15, 0.2) is 22.7 Å². The first-order valence-electron chi connectivity index (χ1n) is 5.12. The number of sulfonamides is 1. The smallest absolute Gasteiger partial charge is 0.308 e. The van der Waals surface area contributed by atoms with E-state index in [-0.39, 0.29) is 17.2 Å². The molecule has 2 rings (SSSR count). The molecular weight excluding hydrogens is 292 g/mol. The van der Waals surface area contributed by atoms with Crippen LogP contribution < -0.4 is 4.72 Å². The third-order valence-electron chi connectivity index (χ3n) is 2.12. The van der Waals surface area contributed by atoms with Gasteiger partial charge in [0.05, 0.1) is 13.0 Å². The Morgan fingerprint density at radius 1 is 1.47 bits per heavy atom. The van der Waals surface area contributed by atoms with Crippen molar-refractivity contribution in [3.8, 4) is 0 Å². The van der Waals surface area contributed by atoms with Crippen molar-refractivity contribution in [2.75, 3.05) is 0 Å². The number of nitrogens with one attached hydrogen (secondary N) is 2. The molecule has 0 aliphatic rings. The molecule has 0 aliphatic heterocycles. The van der Waals surface area contributed by atoms with Crippen LogP contribution in [0.3, 0.4) is 0 Å². The van der Waals surface area contributed by atoms with Crippen molar-refractivity contribution >= 4 is 27.3 Å². The molecule has 0 radical (unpaired) electrons. The van der Waals surface area contributed by atoms with Crippen LogP contribution >= 0.6 is 11.3 Å². The molecule has 0 fully saturated rings. The third kappa shape index (κ3) is 3.59. The van der Waals surface area contributed by atoms with E-state index >= 15 is 0 Å². The van der Waals surface area contributed by atoms with Crippen molar-refractivity contribution < 1.29 is 18.3 Å². The van der Waals surface area contributed by atoms with Crippen molar-refractivity contribution in [3.05, 3.63) is 29.2 Å².